The number of hydrogen-bond donors (Lipinski definition) is 2. The number of carbonyl (C=O) groups is 2. The molecule has 0 spiro atoms. The van der Waals surface area contributed by atoms with E-state index >= 15 is 0 Å². The normalized spacial score (nSPS) is 15.2. The standard InChI is InChI=1S/C33H30ClN3O3/c1-2-8-22(21-9-4-3-5-10-21)18-30(38)23-14-15-25(27(17-23)33(39)40)31-26(12-6-13-28(31)34)32-36-20-29(37-32)24-11-7-16-35-19-24/h3-7,9,11-17,19-22H,2,8,10,18H2,1H3,(H,36,37)(H,39,40)/t21?,22-/m0/s1. The van der Waals surface area contributed by atoms with Gasteiger partial charge in [-0.2, -0.15) is 0 Å². The van der Waals surface area contributed by atoms with E-state index in [0.717, 1.165) is 30.5 Å². The number of benzene rings is 2. The van der Waals surface area contributed by atoms with Crippen LogP contribution in [-0.2, 0) is 0 Å². The lowest BCUT2D eigenvalue weighted by atomic mass is 9.80. The lowest BCUT2D eigenvalue weighted by Crippen LogP contribution is -2.18. The molecule has 5 rings (SSSR count). The summed E-state index contributed by atoms with van der Waals surface area (Å²) < 4.78 is 0. The predicted octanol–water partition coefficient (Wildman–Crippen LogP) is 8.28. The second-order valence-electron chi connectivity index (χ2n) is 10.0. The molecule has 6 nitrogen and oxygen atoms in total. The molecule has 0 saturated heterocycles. The molecule has 2 aromatic carbocycles. The summed E-state index contributed by atoms with van der Waals surface area (Å²) in [5.74, 6) is -0.124. The summed E-state index contributed by atoms with van der Waals surface area (Å²) in [6, 6.07) is 14.0. The topological polar surface area (TPSA) is 95.9 Å². The Morgan fingerprint density at radius 2 is 1.98 bits per heavy atom. The average Bonchev–Trinajstić information content (AvgIpc) is 3.48. The molecule has 4 aromatic rings. The number of pyridine rings is 1. The zero-order valence-electron chi connectivity index (χ0n) is 22.2. The van der Waals surface area contributed by atoms with Gasteiger partial charge in [0.15, 0.2) is 5.78 Å². The van der Waals surface area contributed by atoms with Gasteiger partial charge in [0.05, 0.1) is 17.5 Å². The van der Waals surface area contributed by atoms with Crippen molar-refractivity contribution in [3.63, 3.8) is 0 Å². The van der Waals surface area contributed by atoms with Crippen molar-refractivity contribution in [2.24, 2.45) is 11.8 Å². The number of aromatic nitrogens is 3. The van der Waals surface area contributed by atoms with Gasteiger partial charge in [0.1, 0.15) is 5.82 Å². The number of H-pyrrole nitrogens is 1. The van der Waals surface area contributed by atoms with E-state index in [2.05, 4.69) is 34.0 Å². The van der Waals surface area contributed by atoms with Crippen molar-refractivity contribution >= 4 is 23.4 Å². The monoisotopic (exact) mass is 551 g/mol. The second kappa shape index (κ2) is 12.3. The van der Waals surface area contributed by atoms with Crippen molar-refractivity contribution in [3.8, 4) is 33.8 Å². The first-order valence-electron chi connectivity index (χ1n) is 13.4. The van der Waals surface area contributed by atoms with Crippen molar-refractivity contribution in [1.29, 1.82) is 0 Å². The quantitative estimate of drug-likeness (QED) is 0.193. The minimum atomic E-state index is -1.13. The predicted molar refractivity (Wildman–Crippen MR) is 158 cm³/mol. The van der Waals surface area contributed by atoms with Crippen LogP contribution in [0.15, 0.2) is 91.4 Å². The lowest BCUT2D eigenvalue weighted by molar-refractivity contribution is 0.0697. The number of rotatable bonds is 10. The van der Waals surface area contributed by atoms with Crippen LogP contribution in [0.3, 0.4) is 0 Å². The summed E-state index contributed by atoms with van der Waals surface area (Å²) in [5.41, 5.74) is 3.68. The van der Waals surface area contributed by atoms with Crippen LogP contribution in [0, 0.1) is 11.8 Å². The highest BCUT2D eigenvalue weighted by atomic mass is 35.5. The number of nitrogens with one attached hydrogen (secondary N) is 1. The fourth-order valence-electron chi connectivity index (χ4n) is 5.38. The Balaban J connectivity index is 1.50. The van der Waals surface area contributed by atoms with Gasteiger partial charge in [-0.1, -0.05) is 73.5 Å². The third-order valence-electron chi connectivity index (χ3n) is 7.38. The van der Waals surface area contributed by atoms with E-state index in [-0.39, 0.29) is 17.3 Å². The number of allylic oxidation sites excluding steroid dienone is 4. The van der Waals surface area contributed by atoms with E-state index in [1.54, 1.807) is 42.9 Å². The van der Waals surface area contributed by atoms with E-state index in [4.69, 9.17) is 11.6 Å². The number of halogens is 1. The number of aromatic carboxylic acids is 1. The van der Waals surface area contributed by atoms with Crippen LogP contribution in [0.4, 0.5) is 0 Å². The SMILES string of the molecule is CCC[C@@H](CC(=O)c1ccc(-c2c(Cl)cccc2-c2ncc(-c3cccnc3)[nH]2)c(C(=O)O)c1)C1C=CC=CC1. The Kier molecular flexibility index (Phi) is 8.37. The fourth-order valence-corrected chi connectivity index (χ4v) is 5.65. The van der Waals surface area contributed by atoms with Gasteiger partial charge in [-0.25, -0.2) is 9.78 Å². The van der Waals surface area contributed by atoms with Gasteiger partial charge >= 0.3 is 5.97 Å². The zero-order chi connectivity index (χ0) is 28.1. The van der Waals surface area contributed by atoms with E-state index in [0.29, 0.717) is 45.4 Å². The van der Waals surface area contributed by atoms with E-state index in [9.17, 15) is 14.7 Å². The minimum Gasteiger partial charge on any atom is -0.478 e. The summed E-state index contributed by atoms with van der Waals surface area (Å²) in [6.07, 6.45) is 16.7. The Morgan fingerprint density at radius 3 is 2.70 bits per heavy atom. The Labute approximate surface area is 238 Å². The molecular weight excluding hydrogens is 522 g/mol. The number of carboxylic acids is 1. The van der Waals surface area contributed by atoms with Crippen LogP contribution in [0.25, 0.3) is 33.8 Å². The van der Waals surface area contributed by atoms with Crippen LogP contribution in [-0.4, -0.2) is 31.8 Å². The maximum absolute atomic E-state index is 13.4. The molecule has 1 aliphatic carbocycles. The number of imidazole rings is 1. The number of carboxylic acid groups (broad SMARTS) is 1. The number of hydrogen-bond acceptors (Lipinski definition) is 4. The number of aromatic amines is 1. The summed E-state index contributed by atoms with van der Waals surface area (Å²) >= 11 is 6.68. The molecule has 40 heavy (non-hydrogen) atoms. The maximum Gasteiger partial charge on any atom is 0.336 e. The Hall–Kier alpha value is -4.29. The van der Waals surface area contributed by atoms with E-state index in [1.165, 1.54) is 6.07 Å². The zero-order valence-corrected chi connectivity index (χ0v) is 22.9. The van der Waals surface area contributed by atoms with E-state index < -0.39 is 5.97 Å². The van der Waals surface area contributed by atoms with Crippen molar-refractivity contribution in [3.05, 3.63) is 108 Å². The van der Waals surface area contributed by atoms with Crippen LogP contribution >= 0.6 is 11.6 Å². The summed E-state index contributed by atoms with van der Waals surface area (Å²) in [7, 11) is 0. The van der Waals surface area contributed by atoms with Crippen LogP contribution in [0.5, 0.6) is 0 Å². The van der Waals surface area contributed by atoms with Gasteiger partial charge in [0.25, 0.3) is 0 Å². The molecule has 7 heteroatoms. The summed E-state index contributed by atoms with van der Waals surface area (Å²) in [6.45, 7) is 2.12. The highest BCUT2D eigenvalue weighted by molar-refractivity contribution is 6.34. The van der Waals surface area contributed by atoms with Crippen molar-refractivity contribution in [1.82, 2.24) is 15.0 Å². The molecule has 0 bridgehead atoms. The second-order valence-corrected chi connectivity index (χ2v) is 10.4. The van der Waals surface area contributed by atoms with Gasteiger partial charge in [-0.3, -0.25) is 9.78 Å². The average molecular weight is 552 g/mol. The molecule has 2 heterocycles. The molecule has 0 saturated carbocycles. The van der Waals surface area contributed by atoms with E-state index in [1.807, 2.05) is 30.4 Å². The fraction of sp³-hybridized carbons (Fsp3) is 0.212. The van der Waals surface area contributed by atoms with Gasteiger partial charge in [0.2, 0.25) is 0 Å². The Morgan fingerprint density at radius 1 is 1.10 bits per heavy atom. The molecule has 2 atom stereocenters. The molecule has 1 aliphatic rings. The van der Waals surface area contributed by atoms with Crippen LogP contribution < -0.4 is 0 Å². The smallest absolute Gasteiger partial charge is 0.336 e. The van der Waals surface area contributed by atoms with Crippen molar-refractivity contribution in [2.75, 3.05) is 0 Å². The number of Topliss-reactive ketones (excluding diaryl/α,β-unsaturated/α-hetero) is 1. The molecule has 2 aromatic heterocycles. The largest absolute Gasteiger partial charge is 0.478 e. The first-order valence-corrected chi connectivity index (χ1v) is 13.8. The van der Waals surface area contributed by atoms with Crippen LogP contribution in [0.1, 0.15) is 53.3 Å². The minimum absolute atomic E-state index is 0.0202. The molecule has 0 amide bonds. The van der Waals surface area contributed by atoms with Gasteiger partial charge in [-0.15, -0.1) is 0 Å². The van der Waals surface area contributed by atoms with Crippen molar-refractivity contribution < 1.29 is 14.7 Å². The summed E-state index contributed by atoms with van der Waals surface area (Å²) in [5, 5.41) is 10.6. The van der Waals surface area contributed by atoms with Crippen molar-refractivity contribution in [2.45, 2.75) is 32.6 Å². The van der Waals surface area contributed by atoms with Gasteiger partial charge < -0.3 is 10.1 Å². The molecule has 0 aliphatic heterocycles. The third kappa shape index (κ3) is 5.82. The number of carbonyl (C=O) groups excluding carboxylic acids is 1. The van der Waals surface area contributed by atoms with Gasteiger partial charge in [0, 0.05) is 46.1 Å². The molecule has 202 valence electrons. The molecule has 1 unspecified atom stereocenters. The Bertz CT molecular complexity index is 1590. The van der Waals surface area contributed by atoms with Gasteiger partial charge in [-0.05, 0) is 54.5 Å². The molecule has 0 fully saturated rings. The lowest BCUT2D eigenvalue weighted by Gasteiger charge is -2.24. The maximum atomic E-state index is 13.4. The highest BCUT2D eigenvalue weighted by Crippen LogP contribution is 2.39. The molecular formula is C33H30ClN3O3. The highest BCUT2D eigenvalue weighted by Gasteiger charge is 2.25. The molecule has 0 radical (unpaired) electrons. The first-order chi connectivity index (χ1) is 19.5. The third-order valence-corrected chi connectivity index (χ3v) is 7.70. The summed E-state index contributed by atoms with van der Waals surface area (Å²) in [4.78, 5) is 37.9. The molecule has 2 N–H and O–H groups in total. The number of ketones is 1. The number of nitrogens with zero attached hydrogens (tertiary/aromatic N) is 2. The van der Waals surface area contributed by atoms with Crippen LogP contribution in [0.2, 0.25) is 5.02 Å². The first kappa shape index (κ1) is 27.3.